The van der Waals surface area contributed by atoms with Gasteiger partial charge >= 0.3 is 0 Å². The number of morpholine rings is 1. The molecular formula is C23H31FN8O3. The van der Waals surface area contributed by atoms with Gasteiger partial charge in [-0.1, -0.05) is 0 Å². The minimum Gasteiger partial charge on any atom is -0.394 e. The van der Waals surface area contributed by atoms with Gasteiger partial charge in [0.15, 0.2) is 5.82 Å². The van der Waals surface area contributed by atoms with Crippen molar-refractivity contribution in [2.45, 2.75) is 44.7 Å². The molecular weight excluding hydrogens is 455 g/mol. The van der Waals surface area contributed by atoms with Crippen LogP contribution in [0.4, 0.5) is 27.8 Å². The molecule has 0 amide bonds. The quantitative estimate of drug-likeness (QED) is 0.474. The van der Waals surface area contributed by atoms with Crippen LogP contribution in [0, 0.1) is 0 Å². The number of anilines is 4. The molecule has 0 bridgehead atoms. The zero-order valence-electron chi connectivity index (χ0n) is 19.9. The van der Waals surface area contributed by atoms with E-state index in [0.29, 0.717) is 50.2 Å². The fourth-order valence-corrected chi connectivity index (χ4v) is 4.51. The van der Waals surface area contributed by atoms with Crippen LogP contribution >= 0.6 is 0 Å². The number of aliphatic hydroxyl groups excluding tert-OH is 2. The first-order valence-electron chi connectivity index (χ1n) is 12.0. The van der Waals surface area contributed by atoms with Gasteiger partial charge in [0.05, 0.1) is 42.9 Å². The molecule has 0 unspecified atom stereocenters. The number of nitrogens with one attached hydrogen (secondary N) is 1. The molecule has 0 aliphatic carbocycles. The Kier molecular flexibility index (Phi) is 6.67. The van der Waals surface area contributed by atoms with Gasteiger partial charge in [0.1, 0.15) is 17.8 Å². The lowest BCUT2D eigenvalue weighted by Crippen LogP contribution is -2.45. The van der Waals surface area contributed by atoms with E-state index in [0.717, 1.165) is 16.7 Å². The topological polar surface area (TPSA) is 125 Å². The molecule has 2 aliphatic rings. The van der Waals surface area contributed by atoms with E-state index in [1.165, 1.54) is 0 Å². The average Bonchev–Trinajstić information content (AvgIpc) is 3.25. The summed E-state index contributed by atoms with van der Waals surface area (Å²) in [6.45, 7) is 6.46. The summed E-state index contributed by atoms with van der Waals surface area (Å²) in [4.78, 5) is 17.3. The summed E-state index contributed by atoms with van der Waals surface area (Å²) in [5.41, 5.74) is 0.930. The summed E-state index contributed by atoms with van der Waals surface area (Å²) < 4.78 is 21.5. The van der Waals surface area contributed by atoms with Crippen LogP contribution in [0.1, 0.15) is 26.3 Å². The standard InChI is InChI=1S/C23H31FN8O3/c1-14(2)32-18-9-21(26-10-16(18)22(29-32)30-7-8-35-15(11-30)13-33)27-20-3-5-25-23(28-20)31-6-4-19(34)17(24)12-31/h3,5,9-10,14-15,17,19,33-34H,4,6-8,11-13H2,1-2H3,(H,25,26,27,28)/t15-,17-,19+/m1/s1. The van der Waals surface area contributed by atoms with Crippen molar-refractivity contribution < 1.29 is 19.3 Å². The van der Waals surface area contributed by atoms with Crippen molar-refractivity contribution in [1.29, 1.82) is 0 Å². The molecule has 2 fully saturated rings. The first-order chi connectivity index (χ1) is 16.9. The minimum absolute atomic E-state index is 0.0312. The molecule has 3 aromatic heterocycles. The van der Waals surface area contributed by atoms with Crippen molar-refractivity contribution in [3.63, 3.8) is 0 Å². The molecule has 2 aliphatic heterocycles. The summed E-state index contributed by atoms with van der Waals surface area (Å²) >= 11 is 0. The second kappa shape index (κ2) is 9.88. The molecule has 5 heterocycles. The van der Waals surface area contributed by atoms with E-state index in [-0.39, 0.29) is 25.3 Å². The van der Waals surface area contributed by atoms with E-state index in [1.54, 1.807) is 23.4 Å². The van der Waals surface area contributed by atoms with E-state index >= 15 is 0 Å². The Morgan fingerprint density at radius 1 is 1.20 bits per heavy atom. The SMILES string of the molecule is CC(C)n1nc(N2CCO[C@@H](CO)C2)c2cnc(Nc3ccnc(N4CC[C@H](O)[C@H](F)C4)n3)cc21. The number of aromatic nitrogens is 5. The molecule has 5 rings (SSSR count). The van der Waals surface area contributed by atoms with Crippen LogP contribution in [0.2, 0.25) is 0 Å². The normalized spacial score (nSPS) is 23.3. The Morgan fingerprint density at radius 2 is 2.06 bits per heavy atom. The number of ether oxygens (including phenoxy) is 1. The third kappa shape index (κ3) is 4.86. The first kappa shape index (κ1) is 23.6. The summed E-state index contributed by atoms with van der Waals surface area (Å²) in [5, 5.41) is 28.2. The van der Waals surface area contributed by atoms with Crippen molar-refractivity contribution in [3.05, 3.63) is 24.5 Å². The van der Waals surface area contributed by atoms with Crippen LogP contribution in [-0.2, 0) is 4.74 Å². The van der Waals surface area contributed by atoms with Crippen LogP contribution in [-0.4, -0.2) is 92.7 Å². The number of hydrogen-bond donors (Lipinski definition) is 3. The Balaban J connectivity index is 1.41. The van der Waals surface area contributed by atoms with Crippen molar-refractivity contribution in [2.75, 3.05) is 54.5 Å². The van der Waals surface area contributed by atoms with Crippen molar-refractivity contribution in [3.8, 4) is 0 Å². The number of hydrogen-bond acceptors (Lipinski definition) is 10. The van der Waals surface area contributed by atoms with E-state index < -0.39 is 12.3 Å². The van der Waals surface area contributed by atoms with Gasteiger partial charge in [0.2, 0.25) is 5.95 Å². The Bertz CT molecular complexity index is 1170. The lowest BCUT2D eigenvalue weighted by molar-refractivity contribution is 0.00339. The molecule has 3 N–H and O–H groups in total. The summed E-state index contributed by atoms with van der Waals surface area (Å²) in [5.74, 6) is 2.37. The number of rotatable bonds is 6. The maximum absolute atomic E-state index is 14.0. The Labute approximate surface area is 202 Å². The van der Waals surface area contributed by atoms with Gasteiger partial charge in [-0.3, -0.25) is 4.68 Å². The maximum atomic E-state index is 14.0. The third-order valence-electron chi connectivity index (χ3n) is 6.39. The first-order valence-corrected chi connectivity index (χ1v) is 12.0. The van der Waals surface area contributed by atoms with Crippen molar-refractivity contribution in [1.82, 2.24) is 24.7 Å². The highest BCUT2D eigenvalue weighted by Gasteiger charge is 2.29. The fraction of sp³-hybridized carbons (Fsp3) is 0.565. The fourth-order valence-electron chi connectivity index (χ4n) is 4.51. The zero-order chi connectivity index (χ0) is 24.5. The number of aliphatic hydroxyl groups is 2. The Morgan fingerprint density at radius 3 is 2.83 bits per heavy atom. The Hall–Kier alpha value is -3.09. The molecule has 2 saturated heterocycles. The molecule has 188 valence electrons. The molecule has 0 saturated carbocycles. The van der Waals surface area contributed by atoms with E-state index in [2.05, 4.69) is 39.0 Å². The van der Waals surface area contributed by atoms with Crippen LogP contribution in [0.3, 0.4) is 0 Å². The minimum atomic E-state index is -1.32. The van der Waals surface area contributed by atoms with Gasteiger partial charge in [0.25, 0.3) is 0 Å². The number of alkyl halides is 1. The number of pyridine rings is 1. The van der Waals surface area contributed by atoms with Gasteiger partial charge in [-0.05, 0) is 26.3 Å². The molecule has 0 aromatic carbocycles. The molecule has 0 radical (unpaired) electrons. The van der Waals surface area contributed by atoms with Crippen LogP contribution in [0.15, 0.2) is 24.5 Å². The summed E-state index contributed by atoms with van der Waals surface area (Å²) in [7, 11) is 0. The van der Waals surface area contributed by atoms with Gasteiger partial charge in [-0.2, -0.15) is 10.1 Å². The highest BCUT2D eigenvalue weighted by Crippen LogP contribution is 2.31. The van der Waals surface area contributed by atoms with Gasteiger partial charge in [0, 0.05) is 44.1 Å². The lowest BCUT2D eigenvalue weighted by atomic mass is 10.1. The number of fused-ring (bicyclic) bond motifs is 1. The maximum Gasteiger partial charge on any atom is 0.227 e. The number of piperidine rings is 1. The second-order valence-corrected chi connectivity index (χ2v) is 9.25. The highest BCUT2D eigenvalue weighted by atomic mass is 19.1. The summed E-state index contributed by atoms with van der Waals surface area (Å²) in [6, 6.07) is 3.80. The molecule has 11 nitrogen and oxygen atoms in total. The molecule has 35 heavy (non-hydrogen) atoms. The van der Waals surface area contributed by atoms with Crippen molar-refractivity contribution >= 4 is 34.3 Å². The van der Waals surface area contributed by atoms with Gasteiger partial charge in [-0.25, -0.2) is 14.4 Å². The van der Waals surface area contributed by atoms with Crippen LogP contribution in [0.5, 0.6) is 0 Å². The molecule has 12 heteroatoms. The van der Waals surface area contributed by atoms with E-state index in [1.807, 2.05) is 10.7 Å². The summed E-state index contributed by atoms with van der Waals surface area (Å²) in [6.07, 6.45) is 1.26. The van der Waals surface area contributed by atoms with Crippen LogP contribution < -0.4 is 15.1 Å². The van der Waals surface area contributed by atoms with E-state index in [4.69, 9.17) is 9.84 Å². The smallest absolute Gasteiger partial charge is 0.227 e. The molecule has 0 spiro atoms. The highest BCUT2D eigenvalue weighted by molar-refractivity contribution is 5.92. The zero-order valence-corrected chi connectivity index (χ0v) is 19.9. The second-order valence-electron chi connectivity index (χ2n) is 9.25. The predicted molar refractivity (Wildman–Crippen MR) is 130 cm³/mol. The van der Waals surface area contributed by atoms with Gasteiger partial charge < -0.3 is 30.1 Å². The molecule has 3 atom stereocenters. The number of halogens is 1. The average molecular weight is 487 g/mol. The molecule has 3 aromatic rings. The monoisotopic (exact) mass is 486 g/mol. The third-order valence-corrected chi connectivity index (χ3v) is 6.39. The largest absolute Gasteiger partial charge is 0.394 e. The lowest BCUT2D eigenvalue weighted by Gasteiger charge is -2.32. The van der Waals surface area contributed by atoms with Crippen molar-refractivity contribution in [2.24, 2.45) is 0 Å². The predicted octanol–water partition coefficient (Wildman–Crippen LogP) is 1.65. The number of nitrogens with zero attached hydrogens (tertiary/aromatic N) is 7. The van der Waals surface area contributed by atoms with Crippen LogP contribution in [0.25, 0.3) is 10.9 Å². The van der Waals surface area contributed by atoms with E-state index in [9.17, 15) is 14.6 Å². The van der Waals surface area contributed by atoms with Gasteiger partial charge in [-0.15, -0.1) is 0 Å².